The summed E-state index contributed by atoms with van der Waals surface area (Å²) in [7, 11) is 0. The first-order valence-corrected chi connectivity index (χ1v) is 10.7. The normalized spacial score (nSPS) is 18.2. The van der Waals surface area contributed by atoms with Gasteiger partial charge in [0.1, 0.15) is 0 Å². The minimum atomic E-state index is -0.0796. The second-order valence-electron chi connectivity index (χ2n) is 8.13. The van der Waals surface area contributed by atoms with Gasteiger partial charge in [-0.05, 0) is 32.6 Å². The fraction of sp³-hybridized carbons (Fsp3) is 1.00. The molecule has 1 aliphatic heterocycles. The van der Waals surface area contributed by atoms with E-state index in [0.29, 0.717) is 12.0 Å². The van der Waals surface area contributed by atoms with Gasteiger partial charge in [-0.1, -0.05) is 84.0 Å². The minimum Gasteiger partial charge on any atom is -0.373 e. The van der Waals surface area contributed by atoms with Crippen molar-refractivity contribution in [2.45, 2.75) is 122 Å². The van der Waals surface area contributed by atoms with Gasteiger partial charge in [-0.15, -0.1) is 11.6 Å². The molecule has 2 unspecified atom stereocenters. The largest absolute Gasteiger partial charge is 0.373 e. The summed E-state index contributed by atoms with van der Waals surface area (Å²) in [4.78, 5) is -0.0796. The van der Waals surface area contributed by atoms with Crippen molar-refractivity contribution < 1.29 is 4.74 Å². The summed E-state index contributed by atoms with van der Waals surface area (Å²) < 4.78 is 5.39. The quantitative estimate of drug-likeness (QED) is 0.174. The molecule has 1 saturated heterocycles. The minimum absolute atomic E-state index is 0. The molecule has 1 heterocycles. The summed E-state index contributed by atoms with van der Waals surface area (Å²) in [5, 5.41) is 0. The average molecular weight is 362 g/mol. The second-order valence-corrected chi connectivity index (χ2v) is 9.10. The molecule has 0 spiro atoms. The number of epoxide rings is 1. The molecule has 3 N–H and O–H groups in total. The van der Waals surface area contributed by atoms with Gasteiger partial charge in [-0.2, -0.15) is 0 Å². The van der Waals surface area contributed by atoms with Crippen LogP contribution in [-0.2, 0) is 4.74 Å². The Kier molecular flexibility index (Phi) is 14.5. The van der Waals surface area contributed by atoms with Gasteiger partial charge in [-0.3, -0.25) is 0 Å². The zero-order valence-electron chi connectivity index (χ0n) is 16.8. The fourth-order valence-corrected chi connectivity index (χ4v) is 3.69. The van der Waals surface area contributed by atoms with Crippen LogP contribution in [0.3, 0.4) is 0 Å². The molecule has 0 aromatic rings. The van der Waals surface area contributed by atoms with E-state index in [2.05, 4.69) is 20.8 Å². The van der Waals surface area contributed by atoms with E-state index in [1.54, 1.807) is 0 Å². The van der Waals surface area contributed by atoms with Crippen molar-refractivity contribution in [2.75, 3.05) is 6.61 Å². The van der Waals surface area contributed by atoms with Crippen LogP contribution in [0.2, 0.25) is 0 Å². The molecule has 0 radical (unpaired) electrons. The third-order valence-electron chi connectivity index (χ3n) is 5.33. The van der Waals surface area contributed by atoms with E-state index in [4.69, 9.17) is 16.3 Å². The van der Waals surface area contributed by atoms with Crippen LogP contribution in [0.1, 0.15) is 111 Å². The summed E-state index contributed by atoms with van der Waals surface area (Å²) in [6, 6.07) is 0. The Morgan fingerprint density at radius 2 is 1.29 bits per heavy atom. The van der Waals surface area contributed by atoms with E-state index >= 15 is 0 Å². The van der Waals surface area contributed by atoms with Crippen LogP contribution < -0.4 is 6.15 Å². The van der Waals surface area contributed by atoms with E-state index in [1.165, 1.54) is 83.5 Å². The Hall–Kier alpha value is 0.210. The molecule has 0 aliphatic carbocycles. The first-order valence-electron chi connectivity index (χ1n) is 10.3. The van der Waals surface area contributed by atoms with Gasteiger partial charge in [-0.25, -0.2) is 0 Å². The molecule has 0 amide bonds. The molecule has 1 rings (SSSR count). The Labute approximate surface area is 157 Å². The van der Waals surface area contributed by atoms with E-state index in [1.807, 2.05) is 0 Å². The van der Waals surface area contributed by atoms with Crippen LogP contribution in [-0.4, -0.2) is 17.6 Å². The van der Waals surface area contributed by atoms with Gasteiger partial charge < -0.3 is 10.9 Å². The number of unbranched alkanes of at least 4 members (excludes halogenated alkanes) is 11. The number of hydrogen-bond acceptors (Lipinski definition) is 2. The van der Waals surface area contributed by atoms with Gasteiger partial charge in [0.2, 0.25) is 0 Å². The standard InChI is InChI=1S/C21H41ClO.H3N/c1-4-5-6-7-8-9-10-11-12-13-14-15-16-19(21(2,3)22)17-20-18-23-20;/h19-20H,4-18H2,1-3H3;1H3. The van der Waals surface area contributed by atoms with Crippen molar-refractivity contribution >= 4 is 11.6 Å². The predicted molar refractivity (Wildman–Crippen MR) is 108 cm³/mol. The summed E-state index contributed by atoms with van der Waals surface area (Å²) in [5.41, 5.74) is 0. The SMILES string of the molecule is CCCCCCCCCCCCCCC(CC1CO1)C(C)(C)Cl.N. The molecule has 2 nitrogen and oxygen atoms in total. The maximum Gasteiger partial charge on any atom is 0.0813 e. The van der Waals surface area contributed by atoms with E-state index in [-0.39, 0.29) is 11.0 Å². The van der Waals surface area contributed by atoms with Crippen LogP contribution in [0, 0.1) is 5.92 Å². The second kappa shape index (κ2) is 14.4. The highest BCUT2D eigenvalue weighted by Gasteiger charge is 2.33. The maximum absolute atomic E-state index is 6.56. The Morgan fingerprint density at radius 3 is 1.67 bits per heavy atom. The summed E-state index contributed by atoms with van der Waals surface area (Å²) in [5.74, 6) is 0.611. The third-order valence-corrected chi connectivity index (χ3v) is 5.64. The van der Waals surface area contributed by atoms with Gasteiger partial charge >= 0.3 is 0 Å². The lowest BCUT2D eigenvalue weighted by molar-refractivity contribution is 0.295. The molecule has 0 saturated carbocycles. The van der Waals surface area contributed by atoms with E-state index in [9.17, 15) is 0 Å². The highest BCUT2D eigenvalue weighted by atomic mass is 35.5. The summed E-state index contributed by atoms with van der Waals surface area (Å²) >= 11 is 6.56. The molecule has 146 valence electrons. The first kappa shape index (κ1) is 24.2. The van der Waals surface area contributed by atoms with Crippen molar-refractivity contribution in [3.05, 3.63) is 0 Å². The van der Waals surface area contributed by atoms with Gasteiger partial charge in [0.15, 0.2) is 0 Å². The smallest absolute Gasteiger partial charge is 0.0813 e. The molecule has 0 aromatic carbocycles. The van der Waals surface area contributed by atoms with E-state index in [0.717, 1.165) is 13.0 Å². The molecule has 0 aromatic heterocycles. The highest BCUT2D eigenvalue weighted by molar-refractivity contribution is 6.23. The number of rotatable bonds is 16. The molecule has 24 heavy (non-hydrogen) atoms. The lowest BCUT2D eigenvalue weighted by Crippen LogP contribution is -2.26. The monoisotopic (exact) mass is 361 g/mol. The molecule has 3 heteroatoms. The van der Waals surface area contributed by atoms with Crippen molar-refractivity contribution in [1.82, 2.24) is 6.15 Å². The molecule has 1 aliphatic rings. The zero-order chi connectivity index (χ0) is 17.0. The Morgan fingerprint density at radius 1 is 0.875 bits per heavy atom. The number of alkyl halides is 1. The summed E-state index contributed by atoms with van der Waals surface area (Å²) in [6.45, 7) is 7.59. The molecular formula is C21H44ClNO. The topological polar surface area (TPSA) is 47.5 Å². The lowest BCUT2D eigenvalue weighted by Gasteiger charge is -2.28. The van der Waals surface area contributed by atoms with Crippen LogP contribution in [0.5, 0.6) is 0 Å². The molecule has 0 bridgehead atoms. The van der Waals surface area contributed by atoms with Gasteiger partial charge in [0.25, 0.3) is 0 Å². The maximum atomic E-state index is 6.56. The van der Waals surface area contributed by atoms with Crippen molar-refractivity contribution in [2.24, 2.45) is 5.92 Å². The Bertz CT molecular complexity index is 274. The molecule has 2 atom stereocenters. The van der Waals surface area contributed by atoms with Crippen LogP contribution in [0.15, 0.2) is 0 Å². The van der Waals surface area contributed by atoms with Crippen LogP contribution in [0.25, 0.3) is 0 Å². The van der Waals surface area contributed by atoms with E-state index < -0.39 is 0 Å². The van der Waals surface area contributed by atoms with Gasteiger partial charge in [0.05, 0.1) is 12.7 Å². The lowest BCUT2D eigenvalue weighted by atomic mass is 9.85. The number of halogens is 1. The number of ether oxygens (including phenoxy) is 1. The van der Waals surface area contributed by atoms with Crippen LogP contribution >= 0.6 is 11.6 Å². The van der Waals surface area contributed by atoms with Crippen molar-refractivity contribution in [1.29, 1.82) is 0 Å². The third kappa shape index (κ3) is 13.5. The molecular weight excluding hydrogens is 318 g/mol. The molecule has 1 fully saturated rings. The van der Waals surface area contributed by atoms with Crippen molar-refractivity contribution in [3.63, 3.8) is 0 Å². The first-order chi connectivity index (χ1) is 11.0. The zero-order valence-corrected chi connectivity index (χ0v) is 17.5. The number of hydrogen-bond donors (Lipinski definition) is 1. The van der Waals surface area contributed by atoms with Crippen LogP contribution in [0.4, 0.5) is 0 Å². The van der Waals surface area contributed by atoms with Crippen molar-refractivity contribution in [3.8, 4) is 0 Å². The van der Waals surface area contributed by atoms with Gasteiger partial charge in [0, 0.05) is 4.87 Å². The fourth-order valence-electron chi connectivity index (χ4n) is 3.49. The average Bonchev–Trinajstić information content (AvgIpc) is 3.30. The summed E-state index contributed by atoms with van der Waals surface area (Å²) in [6.07, 6.45) is 20.0. The predicted octanol–water partition coefficient (Wildman–Crippen LogP) is 7.66. The Balaban J connectivity index is 0.00000529. The highest BCUT2D eigenvalue weighted by Crippen LogP contribution is 2.35.